The van der Waals surface area contributed by atoms with Crippen LogP contribution in [-0.4, -0.2) is 21.0 Å². The molecular weight excluding hydrogens is 252 g/mol. The number of amides is 2. The maximum Gasteiger partial charge on any atom is 0.328 e. The van der Waals surface area contributed by atoms with Gasteiger partial charge in [0.05, 0.1) is 5.02 Å². The number of halogens is 1. The Hall–Kier alpha value is -1.27. The van der Waals surface area contributed by atoms with Crippen molar-refractivity contribution >= 4 is 27.7 Å². The highest BCUT2D eigenvalue weighted by molar-refractivity contribution is 7.90. The average molecular weight is 263 g/mol. The molecule has 0 spiro atoms. The zero-order chi connectivity index (χ0) is 12.2. The molecule has 0 radical (unpaired) electrons. The highest BCUT2D eigenvalue weighted by atomic mass is 35.5. The van der Waals surface area contributed by atoms with Gasteiger partial charge in [0, 0.05) is 6.54 Å². The number of urea groups is 1. The van der Waals surface area contributed by atoms with Gasteiger partial charge in [-0.05, 0) is 19.1 Å². The normalized spacial score (nSPS) is 10.9. The molecule has 5 nitrogen and oxygen atoms in total. The van der Waals surface area contributed by atoms with E-state index in [0.29, 0.717) is 6.54 Å². The van der Waals surface area contributed by atoms with Crippen molar-refractivity contribution in [3.8, 4) is 0 Å². The first-order valence-corrected chi connectivity index (χ1v) is 6.38. The van der Waals surface area contributed by atoms with Crippen molar-refractivity contribution in [3.63, 3.8) is 0 Å². The summed E-state index contributed by atoms with van der Waals surface area (Å²) in [5.41, 5.74) is 0. The van der Waals surface area contributed by atoms with Gasteiger partial charge in [0.15, 0.2) is 0 Å². The number of hydrogen-bond donors (Lipinski definition) is 2. The summed E-state index contributed by atoms with van der Waals surface area (Å²) < 4.78 is 25.2. The van der Waals surface area contributed by atoms with Gasteiger partial charge in [-0.15, -0.1) is 0 Å². The van der Waals surface area contributed by atoms with Crippen LogP contribution in [0.4, 0.5) is 4.79 Å². The third-order valence-electron chi connectivity index (χ3n) is 1.69. The van der Waals surface area contributed by atoms with Crippen molar-refractivity contribution in [1.29, 1.82) is 0 Å². The molecule has 0 aromatic heterocycles. The summed E-state index contributed by atoms with van der Waals surface area (Å²) in [6, 6.07) is 5.12. The lowest BCUT2D eigenvalue weighted by Crippen LogP contribution is -2.39. The molecule has 1 aromatic carbocycles. The van der Waals surface area contributed by atoms with E-state index in [1.807, 2.05) is 4.72 Å². The van der Waals surface area contributed by atoms with Crippen molar-refractivity contribution in [2.24, 2.45) is 0 Å². The van der Waals surface area contributed by atoms with E-state index < -0.39 is 16.1 Å². The van der Waals surface area contributed by atoms with Crippen LogP contribution < -0.4 is 10.0 Å². The van der Waals surface area contributed by atoms with Crippen LogP contribution in [0.2, 0.25) is 5.02 Å². The van der Waals surface area contributed by atoms with Gasteiger partial charge < -0.3 is 5.32 Å². The maximum absolute atomic E-state index is 11.7. The molecule has 88 valence electrons. The molecule has 0 bridgehead atoms. The minimum Gasteiger partial charge on any atom is -0.338 e. The second kappa shape index (κ2) is 5.18. The third-order valence-corrected chi connectivity index (χ3v) is 3.52. The van der Waals surface area contributed by atoms with Crippen molar-refractivity contribution in [2.45, 2.75) is 11.8 Å². The van der Waals surface area contributed by atoms with Gasteiger partial charge in [-0.2, -0.15) is 0 Å². The maximum atomic E-state index is 11.7. The standard InChI is InChI=1S/C9H11ClN2O3S/c1-2-11-9(13)12-16(14,15)8-6-4-3-5-7(8)10/h3-6H,2H2,1H3,(H2,11,12,13). The molecule has 16 heavy (non-hydrogen) atoms. The van der Waals surface area contributed by atoms with Crippen LogP contribution in [0.15, 0.2) is 29.2 Å². The molecule has 1 aromatic rings. The number of hydrogen-bond acceptors (Lipinski definition) is 3. The fraction of sp³-hybridized carbons (Fsp3) is 0.222. The topological polar surface area (TPSA) is 75.3 Å². The molecule has 0 heterocycles. The van der Waals surface area contributed by atoms with Gasteiger partial charge in [0.25, 0.3) is 10.0 Å². The van der Waals surface area contributed by atoms with Crippen molar-refractivity contribution in [2.75, 3.05) is 6.54 Å². The second-order valence-corrected chi connectivity index (χ2v) is 4.95. The number of carbonyl (C=O) groups excluding carboxylic acids is 1. The molecule has 0 aliphatic heterocycles. The average Bonchev–Trinajstić information content (AvgIpc) is 2.17. The predicted octanol–water partition coefficient (Wildman–Crippen LogP) is 1.35. The molecule has 0 atom stereocenters. The molecule has 0 fully saturated rings. The summed E-state index contributed by atoms with van der Waals surface area (Å²) in [5.74, 6) is 0. The Bertz CT molecular complexity index is 487. The van der Waals surface area contributed by atoms with E-state index in [1.165, 1.54) is 18.2 Å². The minimum atomic E-state index is -3.91. The molecule has 7 heteroatoms. The van der Waals surface area contributed by atoms with Crippen LogP contribution in [0.1, 0.15) is 6.92 Å². The van der Waals surface area contributed by atoms with E-state index in [-0.39, 0.29) is 9.92 Å². The van der Waals surface area contributed by atoms with Crippen LogP contribution in [0.3, 0.4) is 0 Å². The van der Waals surface area contributed by atoms with Crippen molar-refractivity contribution in [3.05, 3.63) is 29.3 Å². The Morgan fingerprint density at radius 2 is 2.00 bits per heavy atom. The molecule has 2 N–H and O–H groups in total. The van der Waals surface area contributed by atoms with Crippen molar-refractivity contribution < 1.29 is 13.2 Å². The quantitative estimate of drug-likeness (QED) is 0.863. The summed E-state index contributed by atoms with van der Waals surface area (Å²) in [6.45, 7) is 2.02. The largest absolute Gasteiger partial charge is 0.338 e. The van der Waals surface area contributed by atoms with Crippen LogP contribution in [0.5, 0.6) is 0 Å². The van der Waals surface area contributed by atoms with E-state index in [1.54, 1.807) is 13.0 Å². The summed E-state index contributed by atoms with van der Waals surface area (Å²) in [4.78, 5) is 11.0. The van der Waals surface area contributed by atoms with Gasteiger partial charge in [-0.3, -0.25) is 0 Å². The first-order valence-electron chi connectivity index (χ1n) is 4.52. The molecule has 1 rings (SSSR count). The molecular formula is C9H11ClN2O3S. The first-order chi connectivity index (χ1) is 7.47. The molecule has 2 amide bonds. The fourth-order valence-corrected chi connectivity index (χ4v) is 2.49. The number of rotatable bonds is 3. The fourth-order valence-electron chi connectivity index (χ4n) is 1.04. The molecule has 0 unspecified atom stereocenters. The van der Waals surface area contributed by atoms with Gasteiger partial charge in [-0.1, -0.05) is 23.7 Å². The van der Waals surface area contributed by atoms with Crippen LogP contribution in [0, 0.1) is 0 Å². The Balaban J connectivity index is 2.95. The molecule has 0 saturated heterocycles. The van der Waals surface area contributed by atoms with Gasteiger partial charge in [0.1, 0.15) is 4.90 Å². The van der Waals surface area contributed by atoms with Gasteiger partial charge in [0.2, 0.25) is 0 Å². The monoisotopic (exact) mass is 262 g/mol. The highest BCUT2D eigenvalue weighted by Gasteiger charge is 2.19. The number of sulfonamides is 1. The molecule has 0 aliphatic carbocycles. The number of benzene rings is 1. The van der Waals surface area contributed by atoms with Gasteiger partial charge in [-0.25, -0.2) is 17.9 Å². The lowest BCUT2D eigenvalue weighted by molar-refractivity contribution is 0.246. The first kappa shape index (κ1) is 12.8. The highest BCUT2D eigenvalue weighted by Crippen LogP contribution is 2.19. The van der Waals surface area contributed by atoms with Crippen LogP contribution in [-0.2, 0) is 10.0 Å². The van der Waals surface area contributed by atoms with Gasteiger partial charge >= 0.3 is 6.03 Å². The van der Waals surface area contributed by atoms with Crippen molar-refractivity contribution in [1.82, 2.24) is 10.0 Å². The van der Waals surface area contributed by atoms with E-state index >= 15 is 0 Å². The Morgan fingerprint density at radius 1 is 1.38 bits per heavy atom. The van der Waals surface area contributed by atoms with E-state index in [9.17, 15) is 13.2 Å². The van der Waals surface area contributed by atoms with Crippen LogP contribution >= 0.6 is 11.6 Å². The Morgan fingerprint density at radius 3 is 2.56 bits per heavy atom. The van der Waals surface area contributed by atoms with E-state index in [2.05, 4.69) is 5.32 Å². The summed E-state index contributed by atoms with van der Waals surface area (Å²) in [6.07, 6.45) is 0. The smallest absolute Gasteiger partial charge is 0.328 e. The summed E-state index contributed by atoms with van der Waals surface area (Å²) >= 11 is 5.72. The Labute approximate surface area is 98.9 Å². The lowest BCUT2D eigenvalue weighted by atomic mass is 10.4. The van der Waals surface area contributed by atoms with E-state index in [4.69, 9.17) is 11.6 Å². The van der Waals surface area contributed by atoms with Crippen LogP contribution in [0.25, 0.3) is 0 Å². The second-order valence-electron chi connectivity index (χ2n) is 2.90. The predicted molar refractivity (Wildman–Crippen MR) is 60.8 cm³/mol. The van der Waals surface area contributed by atoms with E-state index in [0.717, 1.165) is 0 Å². The lowest BCUT2D eigenvalue weighted by Gasteiger charge is -2.08. The number of carbonyl (C=O) groups is 1. The summed E-state index contributed by atoms with van der Waals surface area (Å²) in [5, 5.41) is 2.39. The zero-order valence-electron chi connectivity index (χ0n) is 8.53. The zero-order valence-corrected chi connectivity index (χ0v) is 10.1. The third kappa shape index (κ3) is 3.11. The molecule has 0 aliphatic rings. The summed E-state index contributed by atoms with van der Waals surface area (Å²) in [7, 11) is -3.91. The SMILES string of the molecule is CCNC(=O)NS(=O)(=O)c1ccccc1Cl. The molecule has 0 saturated carbocycles. The number of nitrogens with one attached hydrogen (secondary N) is 2. The Kier molecular flexibility index (Phi) is 4.14. The minimum absolute atomic E-state index is 0.0688.